The molecule has 0 spiro atoms. The standard InChI is InChI=1S/C15H22N6/c16-10-13(12-1-3-17-4-2-12)14-9-15(20-11-19-14)21-7-5-18-6-8-21/h1-3,9-11,13-14,16-18H,4-8H2,(H,19,20). The molecule has 3 heterocycles. The fourth-order valence-electron chi connectivity index (χ4n) is 2.85. The van der Waals surface area contributed by atoms with Gasteiger partial charge in [-0.25, -0.2) is 0 Å². The molecule has 3 aliphatic heterocycles. The van der Waals surface area contributed by atoms with Gasteiger partial charge in [-0.05, 0) is 23.9 Å². The molecule has 0 radical (unpaired) electrons. The Morgan fingerprint density at radius 3 is 2.95 bits per heavy atom. The molecule has 0 aliphatic carbocycles. The lowest BCUT2D eigenvalue weighted by Crippen LogP contribution is -2.46. The summed E-state index contributed by atoms with van der Waals surface area (Å²) >= 11 is 0. The van der Waals surface area contributed by atoms with Crippen LogP contribution in [-0.4, -0.2) is 56.2 Å². The van der Waals surface area contributed by atoms with Gasteiger partial charge < -0.3 is 26.3 Å². The zero-order valence-electron chi connectivity index (χ0n) is 12.0. The number of nitrogens with zero attached hydrogens (tertiary/aromatic N) is 2. The van der Waals surface area contributed by atoms with Gasteiger partial charge in [0.25, 0.3) is 0 Å². The van der Waals surface area contributed by atoms with E-state index in [2.05, 4.69) is 38.0 Å². The van der Waals surface area contributed by atoms with Crippen molar-refractivity contribution in [1.29, 1.82) is 5.41 Å². The highest BCUT2D eigenvalue weighted by atomic mass is 15.3. The third-order valence-electron chi connectivity index (χ3n) is 4.03. The topological polar surface area (TPSA) is 75.5 Å². The molecule has 6 nitrogen and oxygen atoms in total. The highest BCUT2D eigenvalue weighted by Gasteiger charge is 2.24. The van der Waals surface area contributed by atoms with Crippen LogP contribution >= 0.6 is 0 Å². The molecular weight excluding hydrogens is 264 g/mol. The number of allylic oxidation sites excluding steroid dienone is 1. The van der Waals surface area contributed by atoms with Crippen molar-refractivity contribution in [2.45, 2.75) is 6.04 Å². The van der Waals surface area contributed by atoms with Gasteiger partial charge in [-0.15, -0.1) is 0 Å². The monoisotopic (exact) mass is 286 g/mol. The summed E-state index contributed by atoms with van der Waals surface area (Å²) in [6, 6.07) is -0.0114. The molecule has 4 N–H and O–H groups in total. The molecule has 21 heavy (non-hydrogen) atoms. The number of aliphatic imine (C=N–C) groups is 1. The maximum Gasteiger partial charge on any atom is 0.105 e. The van der Waals surface area contributed by atoms with Crippen LogP contribution in [0, 0.1) is 11.3 Å². The first kappa shape index (κ1) is 13.9. The van der Waals surface area contributed by atoms with Crippen LogP contribution in [0.5, 0.6) is 0 Å². The van der Waals surface area contributed by atoms with Crippen LogP contribution in [0.25, 0.3) is 0 Å². The van der Waals surface area contributed by atoms with Crippen molar-refractivity contribution in [3.05, 3.63) is 35.8 Å². The third kappa shape index (κ3) is 3.16. The lowest BCUT2D eigenvalue weighted by Gasteiger charge is -2.34. The molecule has 1 fully saturated rings. The highest BCUT2D eigenvalue weighted by Crippen LogP contribution is 2.22. The first-order valence-corrected chi connectivity index (χ1v) is 7.45. The van der Waals surface area contributed by atoms with Gasteiger partial charge >= 0.3 is 0 Å². The van der Waals surface area contributed by atoms with Crippen LogP contribution in [0.3, 0.4) is 0 Å². The van der Waals surface area contributed by atoms with Gasteiger partial charge in [0.2, 0.25) is 0 Å². The molecule has 1 saturated heterocycles. The molecule has 0 saturated carbocycles. The summed E-state index contributed by atoms with van der Waals surface area (Å²) < 4.78 is 0. The Kier molecular flexibility index (Phi) is 4.35. The molecule has 3 rings (SSSR count). The molecule has 0 bridgehead atoms. The van der Waals surface area contributed by atoms with E-state index in [1.165, 1.54) is 6.21 Å². The minimum absolute atomic E-state index is 0.000356. The van der Waals surface area contributed by atoms with E-state index in [-0.39, 0.29) is 12.0 Å². The van der Waals surface area contributed by atoms with Crippen molar-refractivity contribution in [2.75, 3.05) is 32.7 Å². The van der Waals surface area contributed by atoms with Gasteiger partial charge in [0.05, 0.1) is 12.4 Å². The number of piperazine rings is 1. The molecule has 2 atom stereocenters. The zero-order chi connectivity index (χ0) is 14.5. The number of rotatable bonds is 4. The molecule has 112 valence electrons. The van der Waals surface area contributed by atoms with Crippen LogP contribution in [-0.2, 0) is 0 Å². The Hall–Kier alpha value is -2.08. The predicted octanol–water partition coefficient (Wildman–Crippen LogP) is 0.0422. The van der Waals surface area contributed by atoms with Gasteiger partial charge in [-0.1, -0.05) is 6.08 Å². The van der Waals surface area contributed by atoms with Crippen molar-refractivity contribution in [2.24, 2.45) is 10.9 Å². The Labute approximate surface area is 125 Å². The van der Waals surface area contributed by atoms with Gasteiger partial charge in [-0.2, -0.15) is 0 Å². The number of dihydropyridines is 1. The first-order valence-electron chi connectivity index (χ1n) is 7.45. The average molecular weight is 286 g/mol. The second-order valence-electron chi connectivity index (χ2n) is 5.34. The molecule has 0 aromatic heterocycles. The smallest absolute Gasteiger partial charge is 0.105 e. The molecule has 6 heteroatoms. The zero-order valence-corrected chi connectivity index (χ0v) is 12.0. The summed E-state index contributed by atoms with van der Waals surface area (Å²) in [5.74, 6) is 1.11. The predicted molar refractivity (Wildman–Crippen MR) is 85.4 cm³/mol. The van der Waals surface area contributed by atoms with Crippen molar-refractivity contribution in [3.8, 4) is 0 Å². The minimum atomic E-state index is -0.0114. The lowest BCUT2D eigenvalue weighted by molar-refractivity contribution is 0.286. The summed E-state index contributed by atoms with van der Waals surface area (Å²) in [4.78, 5) is 6.86. The fourth-order valence-corrected chi connectivity index (χ4v) is 2.85. The SMILES string of the molecule is N=CC(C1=CCNC=C1)C1C=C(N2CCNCC2)NC=N1. The van der Waals surface area contributed by atoms with E-state index in [0.29, 0.717) is 0 Å². The van der Waals surface area contributed by atoms with E-state index < -0.39 is 0 Å². The van der Waals surface area contributed by atoms with E-state index in [9.17, 15) is 0 Å². The van der Waals surface area contributed by atoms with Gasteiger partial charge in [0, 0.05) is 44.9 Å². The maximum atomic E-state index is 7.78. The maximum absolute atomic E-state index is 7.78. The second-order valence-corrected chi connectivity index (χ2v) is 5.34. The van der Waals surface area contributed by atoms with E-state index in [4.69, 9.17) is 5.41 Å². The van der Waals surface area contributed by atoms with E-state index in [1.54, 1.807) is 6.34 Å². The molecule has 0 aromatic carbocycles. The van der Waals surface area contributed by atoms with Crippen LogP contribution in [0.1, 0.15) is 0 Å². The summed E-state index contributed by atoms with van der Waals surface area (Å²) in [6.45, 7) is 4.84. The summed E-state index contributed by atoms with van der Waals surface area (Å²) in [7, 11) is 0. The van der Waals surface area contributed by atoms with Crippen molar-refractivity contribution >= 4 is 12.6 Å². The fraction of sp³-hybridized carbons (Fsp3) is 0.467. The normalized spacial score (nSPS) is 26.3. The van der Waals surface area contributed by atoms with E-state index in [0.717, 1.165) is 44.1 Å². The quantitative estimate of drug-likeness (QED) is 0.551. The molecule has 0 aromatic rings. The van der Waals surface area contributed by atoms with Crippen LogP contribution in [0.2, 0.25) is 0 Å². The second kappa shape index (κ2) is 6.58. The number of hydrogen-bond acceptors (Lipinski definition) is 6. The average Bonchev–Trinajstić information content (AvgIpc) is 2.58. The third-order valence-corrected chi connectivity index (χ3v) is 4.03. The Morgan fingerprint density at radius 1 is 1.38 bits per heavy atom. The van der Waals surface area contributed by atoms with Gasteiger partial charge in [-0.3, -0.25) is 4.99 Å². The Balaban J connectivity index is 1.76. The molecule has 2 unspecified atom stereocenters. The number of nitrogens with one attached hydrogen (secondary N) is 4. The first-order chi connectivity index (χ1) is 10.4. The molecular formula is C15H22N6. The van der Waals surface area contributed by atoms with Crippen molar-refractivity contribution < 1.29 is 0 Å². The highest BCUT2D eigenvalue weighted by molar-refractivity contribution is 5.68. The van der Waals surface area contributed by atoms with Crippen molar-refractivity contribution in [1.82, 2.24) is 20.9 Å². The van der Waals surface area contributed by atoms with Crippen LogP contribution in [0.15, 0.2) is 40.8 Å². The molecule has 0 amide bonds. The summed E-state index contributed by atoms with van der Waals surface area (Å²) in [5.41, 5.74) is 1.16. The Bertz CT molecular complexity index is 498. The largest absolute Gasteiger partial charge is 0.387 e. The Morgan fingerprint density at radius 2 is 2.24 bits per heavy atom. The summed E-state index contributed by atoms with van der Waals surface area (Å²) in [6.07, 6.45) is 11.5. The van der Waals surface area contributed by atoms with Crippen molar-refractivity contribution in [3.63, 3.8) is 0 Å². The van der Waals surface area contributed by atoms with Gasteiger partial charge in [0.15, 0.2) is 0 Å². The minimum Gasteiger partial charge on any atom is -0.387 e. The van der Waals surface area contributed by atoms with Crippen LogP contribution < -0.4 is 16.0 Å². The lowest BCUT2D eigenvalue weighted by atomic mass is 9.90. The van der Waals surface area contributed by atoms with Gasteiger partial charge in [0.1, 0.15) is 5.82 Å². The van der Waals surface area contributed by atoms with E-state index >= 15 is 0 Å². The molecule has 3 aliphatic rings. The van der Waals surface area contributed by atoms with E-state index in [1.807, 2.05) is 12.3 Å². The van der Waals surface area contributed by atoms with Crippen LogP contribution in [0.4, 0.5) is 0 Å². The number of hydrogen-bond donors (Lipinski definition) is 4. The summed E-state index contributed by atoms with van der Waals surface area (Å²) in [5, 5.41) is 17.5.